The fourth-order valence-corrected chi connectivity index (χ4v) is 7.36. The van der Waals surface area contributed by atoms with E-state index in [0.717, 1.165) is 5.25 Å². The third-order valence-corrected chi connectivity index (χ3v) is 9.32. The number of benzene rings is 2. The van der Waals surface area contributed by atoms with Crippen LogP contribution in [0.25, 0.3) is 0 Å². The van der Waals surface area contributed by atoms with E-state index >= 15 is 0 Å². The molecule has 0 aliphatic heterocycles. The molecule has 2 aromatic rings. The van der Waals surface area contributed by atoms with Crippen LogP contribution in [-0.4, -0.2) is 8.96 Å². The predicted octanol–water partition coefficient (Wildman–Crippen LogP) is 4.97. The van der Waals surface area contributed by atoms with E-state index in [2.05, 4.69) is 75.2 Å². The lowest BCUT2D eigenvalue weighted by Gasteiger charge is -2.33. The summed E-state index contributed by atoms with van der Waals surface area (Å²) in [6, 6.07) is 17.2. The van der Waals surface area contributed by atoms with Crippen LogP contribution in [0.15, 0.2) is 48.5 Å². The number of hydrogen-bond donors (Lipinski definition) is 0. The summed E-state index contributed by atoms with van der Waals surface area (Å²) in [6.45, 7) is 10.5. The molecule has 3 heteroatoms. The maximum Gasteiger partial charge on any atom is 0.0795 e. The van der Waals surface area contributed by atoms with Gasteiger partial charge >= 0.3 is 0 Å². The molecule has 0 heterocycles. The summed E-state index contributed by atoms with van der Waals surface area (Å²) in [5.41, 5.74) is 3.79. The van der Waals surface area contributed by atoms with Crippen molar-refractivity contribution in [1.82, 2.24) is 0 Å². The van der Waals surface area contributed by atoms with Gasteiger partial charge in [0.2, 0.25) is 0 Å². The summed E-state index contributed by atoms with van der Waals surface area (Å²) in [5, 5.41) is 3.67. The Kier molecular flexibility index (Phi) is 6.04. The van der Waals surface area contributed by atoms with Gasteiger partial charge in [-0.05, 0) is 83.5 Å². The second-order valence-corrected chi connectivity index (χ2v) is 11.9. The van der Waals surface area contributed by atoms with Gasteiger partial charge in [-0.25, -0.2) is 0 Å². The molecule has 0 N–H and O–H groups in total. The molecule has 2 aromatic carbocycles. The zero-order chi connectivity index (χ0) is 18.9. The van der Waals surface area contributed by atoms with Crippen LogP contribution in [0.1, 0.15) is 31.9 Å². The highest BCUT2D eigenvalue weighted by atomic mass is 32.2. The van der Waals surface area contributed by atoms with Gasteiger partial charge < -0.3 is 0 Å². The summed E-state index contributed by atoms with van der Waals surface area (Å²) < 4.78 is 12.9. The van der Waals surface area contributed by atoms with Crippen LogP contribution >= 0.6 is 7.92 Å². The van der Waals surface area contributed by atoms with Crippen molar-refractivity contribution in [3.8, 4) is 0 Å². The monoisotopic (exact) mass is 381 g/mol. The molecule has 0 spiro atoms. The van der Waals surface area contributed by atoms with Crippen molar-refractivity contribution < 1.29 is 4.21 Å². The average molecular weight is 382 g/mol. The van der Waals surface area contributed by atoms with E-state index in [9.17, 15) is 4.21 Å². The fraction of sp³-hybridized carbons (Fsp3) is 0.261. The van der Waals surface area contributed by atoms with Crippen molar-refractivity contribution in [2.75, 3.05) is 0 Å². The first kappa shape index (κ1) is 19.8. The largest absolute Gasteiger partial charge is 0.258 e. The summed E-state index contributed by atoms with van der Waals surface area (Å²) >= 11 is 0. The van der Waals surface area contributed by atoms with E-state index in [0.29, 0.717) is 0 Å². The predicted molar refractivity (Wildman–Crippen MR) is 116 cm³/mol. The molecule has 135 valence electrons. The Morgan fingerprint density at radius 2 is 1.31 bits per heavy atom. The van der Waals surface area contributed by atoms with Crippen molar-refractivity contribution in [2.45, 2.75) is 39.4 Å². The summed E-state index contributed by atoms with van der Waals surface area (Å²) in [7, 11) is -1.79. The van der Waals surface area contributed by atoms with Gasteiger partial charge in [0.1, 0.15) is 0 Å². The molecule has 1 aliphatic carbocycles. The molecule has 26 heavy (non-hydrogen) atoms. The first-order valence-corrected chi connectivity index (χ1v) is 11.4. The molecular weight excluding hydrogens is 355 g/mol. The lowest BCUT2D eigenvalue weighted by atomic mass is 10.2. The lowest BCUT2D eigenvalue weighted by Crippen LogP contribution is -2.30. The third kappa shape index (κ3) is 3.97. The Balaban J connectivity index is 2.11. The highest BCUT2D eigenvalue weighted by molar-refractivity contribution is 7.91. The van der Waals surface area contributed by atoms with Crippen LogP contribution in [-0.2, 0) is 10.8 Å². The molecule has 1 fully saturated rings. The molecule has 0 bridgehead atoms. The molecule has 1 aliphatic rings. The van der Waals surface area contributed by atoms with Crippen molar-refractivity contribution in [1.29, 1.82) is 0 Å². The molecule has 0 aromatic heterocycles. The highest BCUT2D eigenvalue weighted by Gasteiger charge is 2.44. The van der Waals surface area contributed by atoms with Gasteiger partial charge in [0.25, 0.3) is 0 Å². The van der Waals surface area contributed by atoms with Crippen LogP contribution in [0.2, 0.25) is 0 Å². The molecule has 0 saturated heterocycles. The van der Waals surface area contributed by atoms with Crippen LogP contribution < -0.4 is 10.6 Å². The Hall–Kier alpha value is -0.980. The molecule has 1 nitrogen and oxygen atoms in total. The van der Waals surface area contributed by atoms with Crippen molar-refractivity contribution in [3.63, 3.8) is 0 Å². The Morgan fingerprint density at radius 1 is 0.808 bits per heavy atom. The van der Waals surface area contributed by atoms with Crippen LogP contribution in [0.3, 0.4) is 0 Å². The number of aryl methyl sites for hydroxylation is 2. The summed E-state index contributed by atoms with van der Waals surface area (Å²) in [4.78, 5) is 0. The smallest absolute Gasteiger partial charge is 0.0795 e. The zero-order valence-corrected chi connectivity index (χ0v) is 17.8. The van der Waals surface area contributed by atoms with Gasteiger partial charge in [-0.15, -0.1) is 0 Å². The van der Waals surface area contributed by atoms with Crippen molar-refractivity contribution >= 4 is 29.3 Å². The second kappa shape index (κ2) is 7.95. The fourth-order valence-electron chi connectivity index (χ4n) is 3.08. The SMILES string of the molecule is Cc1ccccc1P([C]1[CH][CH][CH][C]1[S@](=O)C(C)(C)C)c1ccccc1C. The van der Waals surface area contributed by atoms with Crippen LogP contribution in [0.5, 0.6) is 0 Å². The number of rotatable bonds is 4. The van der Waals surface area contributed by atoms with Crippen molar-refractivity contribution in [2.24, 2.45) is 0 Å². The Bertz CT molecular complexity index is 747. The standard InChI is InChI=1S/C23H26OPS/c1-17-11-6-8-13-19(17)25(20-14-9-7-12-18(20)2)21-15-10-16-22(21)26(24)23(3,4)5/h6-16H,1-5H3/t26-/m0/s1. The van der Waals surface area contributed by atoms with E-state index in [1.165, 1.54) is 27.4 Å². The minimum atomic E-state index is -1.05. The summed E-state index contributed by atoms with van der Waals surface area (Å²) in [5.74, 6) is 0. The second-order valence-electron chi connectivity index (χ2n) is 7.56. The number of hydrogen-bond acceptors (Lipinski definition) is 1. The van der Waals surface area contributed by atoms with Gasteiger partial charge in [-0.1, -0.05) is 48.5 Å². The summed E-state index contributed by atoms with van der Waals surface area (Å²) in [6.07, 6.45) is 6.27. The highest BCUT2D eigenvalue weighted by Crippen LogP contribution is 2.58. The van der Waals surface area contributed by atoms with E-state index in [-0.39, 0.29) is 4.75 Å². The molecule has 0 amide bonds. The van der Waals surface area contributed by atoms with Crippen molar-refractivity contribution in [3.05, 3.63) is 89.8 Å². The molecule has 0 unspecified atom stereocenters. The first-order valence-electron chi connectivity index (χ1n) is 8.89. The third-order valence-electron chi connectivity index (χ3n) is 4.46. The van der Waals surface area contributed by atoms with E-state index in [1.807, 2.05) is 27.2 Å². The van der Waals surface area contributed by atoms with Gasteiger partial charge in [-0.2, -0.15) is 0 Å². The first-order chi connectivity index (χ1) is 12.3. The maximum absolute atomic E-state index is 13.2. The van der Waals surface area contributed by atoms with E-state index in [1.54, 1.807) is 0 Å². The lowest BCUT2D eigenvalue weighted by molar-refractivity contribution is 0.651. The Labute approximate surface area is 162 Å². The molecule has 1 atom stereocenters. The quantitative estimate of drug-likeness (QED) is 0.683. The van der Waals surface area contributed by atoms with E-state index in [4.69, 9.17) is 0 Å². The normalized spacial score (nSPS) is 17.8. The van der Waals surface area contributed by atoms with Gasteiger partial charge in [0.15, 0.2) is 0 Å². The Morgan fingerprint density at radius 3 is 1.77 bits per heavy atom. The minimum absolute atomic E-state index is 0.276. The van der Waals surface area contributed by atoms with Crippen LogP contribution in [0, 0.1) is 44.0 Å². The zero-order valence-electron chi connectivity index (χ0n) is 16.1. The van der Waals surface area contributed by atoms with Gasteiger partial charge in [0.05, 0.1) is 5.25 Å². The average Bonchev–Trinajstić information content (AvgIpc) is 3.06. The van der Waals surface area contributed by atoms with Gasteiger partial charge in [-0.3, -0.25) is 4.21 Å². The molecule has 5 radical (unpaired) electrons. The minimum Gasteiger partial charge on any atom is -0.258 e. The maximum atomic E-state index is 13.2. The van der Waals surface area contributed by atoms with Crippen LogP contribution in [0.4, 0.5) is 0 Å². The molecular formula is C23H26OPS. The van der Waals surface area contributed by atoms with Gasteiger partial charge in [0, 0.05) is 21.2 Å². The molecule has 1 saturated carbocycles. The van der Waals surface area contributed by atoms with E-state index < -0.39 is 18.7 Å². The molecule has 3 rings (SSSR count). The topological polar surface area (TPSA) is 17.1 Å².